The van der Waals surface area contributed by atoms with Crippen LogP contribution in [0.15, 0.2) is 132 Å². The smallest absolute Gasteiger partial charge is 0.326 e. The highest BCUT2D eigenvalue weighted by molar-refractivity contribution is 7.89. The van der Waals surface area contributed by atoms with Crippen molar-refractivity contribution in [2.75, 3.05) is 5.32 Å². The van der Waals surface area contributed by atoms with Gasteiger partial charge in [0.2, 0.25) is 22.0 Å². The number of sulfonamides is 1. The number of benzene rings is 6. The number of nitro groups is 1. The Morgan fingerprint density at radius 3 is 2.28 bits per heavy atom. The molecule has 3 atom stereocenters. The summed E-state index contributed by atoms with van der Waals surface area (Å²) in [5.74, 6) is -2.05. The fraction of sp³-hybridized carbons (Fsp3) is 0.149. The molecule has 2 unspecified atom stereocenters. The number of carbonyl (C=O) groups is 3. The zero-order chi connectivity index (χ0) is 46.0. The molecule has 328 valence electrons. The number of nitro benzene ring substituents is 1. The van der Waals surface area contributed by atoms with Crippen molar-refractivity contribution < 1.29 is 42.3 Å². The molecule has 0 fully saturated rings. The Morgan fingerprint density at radius 1 is 0.923 bits per heavy atom. The van der Waals surface area contributed by atoms with Crippen LogP contribution >= 0.6 is 23.2 Å². The van der Waals surface area contributed by atoms with E-state index in [0.29, 0.717) is 43.6 Å². The monoisotopic (exact) mass is 931 g/mol. The molecule has 18 heteroatoms. The van der Waals surface area contributed by atoms with Crippen molar-refractivity contribution >= 4 is 62.4 Å². The maximum atomic E-state index is 14.4. The molecule has 0 radical (unpaired) electrons. The Hall–Kier alpha value is -7.29. The number of hydrogen-bond acceptors (Lipinski definition) is 10. The third kappa shape index (κ3) is 9.64. The van der Waals surface area contributed by atoms with Crippen LogP contribution in [0.2, 0.25) is 10.0 Å². The van der Waals surface area contributed by atoms with Gasteiger partial charge in [-0.1, -0.05) is 83.9 Å². The summed E-state index contributed by atoms with van der Waals surface area (Å²) in [4.78, 5) is 50.8. The fourth-order valence-corrected chi connectivity index (χ4v) is 9.49. The summed E-state index contributed by atoms with van der Waals surface area (Å²) in [5.41, 5.74) is 4.68. The van der Waals surface area contributed by atoms with Crippen molar-refractivity contribution in [3.63, 3.8) is 0 Å². The number of halogens is 2. The summed E-state index contributed by atoms with van der Waals surface area (Å²) in [6.45, 7) is -0.198. The number of nitrogens with one attached hydrogen (secondary N) is 2. The number of nitriles is 1. The number of carbonyl (C=O) groups excluding carboxylic acids is 2. The minimum Gasteiger partial charge on any atom is -0.489 e. The van der Waals surface area contributed by atoms with Crippen LogP contribution in [0.25, 0.3) is 11.1 Å². The Labute approximate surface area is 381 Å². The first-order chi connectivity index (χ1) is 31.2. The lowest BCUT2D eigenvalue weighted by molar-refractivity contribution is -0.385. The number of nitrogens with zero attached hydrogens (tertiary/aromatic N) is 3. The van der Waals surface area contributed by atoms with E-state index in [1.807, 2.05) is 0 Å². The van der Waals surface area contributed by atoms with Crippen LogP contribution in [0.5, 0.6) is 11.5 Å². The normalized spacial score (nSPS) is 16.1. The van der Waals surface area contributed by atoms with Gasteiger partial charge in [0.05, 0.1) is 37.2 Å². The number of hydrogen-bond donors (Lipinski definition) is 3. The highest BCUT2D eigenvalue weighted by atomic mass is 35.5. The number of non-ortho nitro benzene ring substituents is 1. The van der Waals surface area contributed by atoms with Crippen LogP contribution in [0.4, 0.5) is 11.4 Å². The molecule has 0 aliphatic carbocycles. The Kier molecular flexibility index (Phi) is 12.6. The van der Waals surface area contributed by atoms with E-state index in [4.69, 9.17) is 37.9 Å². The van der Waals surface area contributed by atoms with Gasteiger partial charge in [-0.3, -0.25) is 19.7 Å². The largest absolute Gasteiger partial charge is 0.489 e. The van der Waals surface area contributed by atoms with Gasteiger partial charge in [-0.25, -0.2) is 13.2 Å². The maximum absolute atomic E-state index is 14.4. The molecule has 0 bridgehead atoms. The van der Waals surface area contributed by atoms with Crippen molar-refractivity contribution in [2.24, 2.45) is 0 Å². The molecule has 8 rings (SSSR count). The Balaban J connectivity index is 1.04. The quantitative estimate of drug-likeness (QED) is 0.0744. The van der Waals surface area contributed by atoms with Crippen molar-refractivity contribution in [1.82, 2.24) is 9.62 Å². The van der Waals surface area contributed by atoms with Crippen molar-refractivity contribution in [3.8, 4) is 28.7 Å². The second-order valence-corrected chi connectivity index (χ2v) is 17.9. The van der Waals surface area contributed by atoms with E-state index in [9.17, 15) is 38.0 Å². The molecule has 0 saturated carbocycles. The molecular weight excluding hydrogens is 898 g/mol. The topological polar surface area (TPSA) is 218 Å². The summed E-state index contributed by atoms with van der Waals surface area (Å²) in [7, 11) is -4.65. The van der Waals surface area contributed by atoms with Crippen LogP contribution in [0, 0.1) is 21.4 Å². The number of ether oxygens (including phenoxy) is 2. The van der Waals surface area contributed by atoms with Gasteiger partial charge < -0.3 is 25.2 Å². The van der Waals surface area contributed by atoms with Crippen LogP contribution in [-0.2, 0) is 50.4 Å². The lowest BCUT2D eigenvalue weighted by Gasteiger charge is -2.36. The van der Waals surface area contributed by atoms with Crippen molar-refractivity contribution in [2.45, 2.75) is 49.1 Å². The minimum atomic E-state index is -4.65. The molecule has 15 nitrogen and oxygen atoms in total. The first-order valence-corrected chi connectivity index (χ1v) is 22.1. The number of anilines is 1. The predicted octanol–water partition coefficient (Wildman–Crippen LogP) is 8.02. The van der Waals surface area contributed by atoms with E-state index in [1.165, 1.54) is 12.1 Å². The minimum absolute atomic E-state index is 0.151. The molecule has 0 saturated heterocycles. The number of carboxylic acid groups (broad SMARTS) is 1. The van der Waals surface area contributed by atoms with Gasteiger partial charge in [0.15, 0.2) is 0 Å². The average Bonchev–Trinajstić information content (AvgIpc) is 3.31. The lowest BCUT2D eigenvalue weighted by Crippen LogP contribution is -2.55. The molecule has 2 aliphatic heterocycles. The van der Waals surface area contributed by atoms with E-state index in [1.54, 1.807) is 103 Å². The summed E-state index contributed by atoms with van der Waals surface area (Å²) < 4.78 is 41.8. The highest BCUT2D eigenvalue weighted by Gasteiger charge is 2.42. The van der Waals surface area contributed by atoms with Crippen molar-refractivity contribution in [3.05, 3.63) is 181 Å². The van der Waals surface area contributed by atoms with Crippen LogP contribution < -0.4 is 20.1 Å². The predicted molar refractivity (Wildman–Crippen MR) is 239 cm³/mol. The first kappa shape index (κ1) is 44.3. The Morgan fingerprint density at radius 2 is 1.62 bits per heavy atom. The summed E-state index contributed by atoms with van der Waals surface area (Å²) in [6, 6.07) is 32.4. The molecule has 2 heterocycles. The van der Waals surface area contributed by atoms with E-state index in [-0.39, 0.29) is 30.9 Å². The lowest BCUT2D eigenvalue weighted by atomic mass is 9.93. The van der Waals surface area contributed by atoms with Gasteiger partial charge in [0.25, 0.3) is 11.6 Å². The zero-order valence-electron chi connectivity index (χ0n) is 33.8. The number of rotatable bonds is 13. The first-order valence-electron chi connectivity index (χ1n) is 19.9. The van der Waals surface area contributed by atoms with Gasteiger partial charge in [-0.05, 0) is 94.4 Å². The highest BCUT2D eigenvalue weighted by Crippen LogP contribution is 2.41. The zero-order valence-corrected chi connectivity index (χ0v) is 36.1. The molecule has 65 heavy (non-hydrogen) atoms. The van der Waals surface area contributed by atoms with E-state index in [0.717, 1.165) is 33.1 Å². The third-order valence-corrected chi connectivity index (χ3v) is 13.6. The average molecular weight is 933 g/mol. The van der Waals surface area contributed by atoms with Gasteiger partial charge >= 0.3 is 5.97 Å². The standard InChI is InChI=1S/C47H35Cl2N5O10S/c48-38-17-8-29(18-39(38)49)26-63-36-15-13-32(14-16-36)44-46(56)51-40-20-33-21-42(53(25-34(33)22-43(40)64-44)65(61,62)37-3-1-2-35(23-37)54(59)60)45(55)52-41(47(57)58)19-27-4-9-30(10-5-27)31-11-6-28(24-50)7-12-31/h1-18,20,22-23,41-42,44H,19,21,25-26H2,(H,51,56)(H,52,55)(H,57,58)/t41-,42?,44?/m0/s1. The summed E-state index contributed by atoms with van der Waals surface area (Å²) in [5, 5.41) is 37.2. The second-order valence-electron chi connectivity index (χ2n) is 15.2. The second kappa shape index (κ2) is 18.4. The van der Waals surface area contributed by atoms with Gasteiger partial charge in [-0.2, -0.15) is 9.57 Å². The number of aliphatic carboxylic acids is 1. The maximum Gasteiger partial charge on any atom is 0.326 e. The van der Waals surface area contributed by atoms with E-state index >= 15 is 0 Å². The summed E-state index contributed by atoms with van der Waals surface area (Å²) in [6.07, 6.45) is -1.50. The molecule has 0 aromatic heterocycles. The molecule has 0 spiro atoms. The third-order valence-electron chi connectivity index (χ3n) is 11.0. The number of carboxylic acids is 1. The molecular formula is C47H35Cl2N5O10S. The molecule has 6 aromatic carbocycles. The molecule has 2 aliphatic rings. The van der Waals surface area contributed by atoms with Crippen LogP contribution in [-0.4, -0.2) is 52.6 Å². The SMILES string of the molecule is N#Cc1ccc(-c2ccc(C[C@H](NC(=O)C3Cc4cc5c(cc4CN3S(=O)(=O)c3cccc([N+](=O)[O-])c3)OC(c3ccc(OCc4ccc(Cl)c(Cl)c4)cc3)C(=O)N5)C(=O)O)cc2)cc1. The Bertz CT molecular complexity index is 3020. The van der Waals surface area contributed by atoms with Gasteiger partial charge in [0.1, 0.15) is 30.2 Å². The number of amides is 2. The van der Waals surface area contributed by atoms with Crippen LogP contribution in [0.3, 0.4) is 0 Å². The van der Waals surface area contributed by atoms with E-state index < -0.39 is 68.0 Å². The van der Waals surface area contributed by atoms with Gasteiger partial charge in [0, 0.05) is 30.7 Å². The molecule has 6 aromatic rings. The number of fused-ring (bicyclic) bond motifs is 2. The van der Waals surface area contributed by atoms with E-state index in [2.05, 4.69) is 16.7 Å². The summed E-state index contributed by atoms with van der Waals surface area (Å²) >= 11 is 12.1. The molecule has 2 amide bonds. The van der Waals surface area contributed by atoms with Crippen LogP contribution in [0.1, 0.15) is 39.5 Å². The van der Waals surface area contributed by atoms with Gasteiger partial charge in [-0.15, -0.1) is 0 Å². The fourth-order valence-electron chi connectivity index (χ4n) is 7.56. The molecule has 3 N–H and O–H groups in total. The van der Waals surface area contributed by atoms with Crippen molar-refractivity contribution in [1.29, 1.82) is 5.26 Å².